The Labute approximate surface area is 302 Å². The molecule has 0 amide bonds. The molecule has 0 spiro atoms. The van der Waals surface area contributed by atoms with Crippen LogP contribution in [0.4, 0.5) is 0 Å². The molecular weight excluding hydrogens is 649 g/mol. The lowest BCUT2D eigenvalue weighted by atomic mass is 9.84. The van der Waals surface area contributed by atoms with Crippen molar-refractivity contribution in [3.8, 4) is 33.4 Å². The predicted molar refractivity (Wildman–Crippen MR) is 220 cm³/mol. The first kappa shape index (κ1) is 28.6. The molecule has 12 aromatic rings. The van der Waals surface area contributed by atoms with E-state index in [2.05, 4.69) is 140 Å². The van der Waals surface area contributed by atoms with Crippen LogP contribution < -0.4 is 0 Å². The van der Waals surface area contributed by atoms with Crippen LogP contribution in [-0.2, 0) is 0 Å². The summed E-state index contributed by atoms with van der Waals surface area (Å²) in [6, 6.07) is 60.1. The first-order valence-corrected chi connectivity index (χ1v) is 18.0. The van der Waals surface area contributed by atoms with Crippen molar-refractivity contribution in [1.82, 2.24) is 0 Å². The van der Waals surface area contributed by atoms with Gasteiger partial charge in [-0.15, -0.1) is 0 Å². The molecule has 3 nitrogen and oxygen atoms in total. The van der Waals surface area contributed by atoms with Crippen LogP contribution in [0.25, 0.3) is 121 Å². The van der Waals surface area contributed by atoms with Gasteiger partial charge in [0.1, 0.15) is 33.5 Å². The molecule has 0 aliphatic carbocycles. The molecule has 0 radical (unpaired) electrons. The zero-order valence-corrected chi connectivity index (χ0v) is 28.4. The lowest BCUT2D eigenvalue weighted by Crippen LogP contribution is -1.91. The first-order valence-electron chi connectivity index (χ1n) is 18.0. The Kier molecular flexibility index (Phi) is 5.77. The number of hydrogen-bond donors (Lipinski definition) is 0. The summed E-state index contributed by atoms with van der Waals surface area (Å²) in [6.07, 6.45) is 0. The van der Waals surface area contributed by atoms with E-state index in [1.54, 1.807) is 0 Å². The van der Waals surface area contributed by atoms with Crippen molar-refractivity contribution < 1.29 is 13.3 Å². The molecule has 0 saturated heterocycles. The Hall–Kier alpha value is -7.10. The van der Waals surface area contributed by atoms with Crippen molar-refractivity contribution >= 4 is 87.4 Å². The van der Waals surface area contributed by atoms with Crippen LogP contribution >= 0.6 is 0 Å². The van der Waals surface area contributed by atoms with Gasteiger partial charge in [0.15, 0.2) is 0 Å². The van der Waals surface area contributed by atoms with Crippen molar-refractivity contribution in [1.29, 1.82) is 0 Å². The van der Waals surface area contributed by atoms with E-state index < -0.39 is 0 Å². The van der Waals surface area contributed by atoms with Gasteiger partial charge in [-0.25, -0.2) is 0 Å². The van der Waals surface area contributed by atoms with Gasteiger partial charge < -0.3 is 13.3 Å². The van der Waals surface area contributed by atoms with Gasteiger partial charge in [0.25, 0.3) is 0 Å². The molecule has 0 N–H and O–H groups in total. The van der Waals surface area contributed by atoms with Gasteiger partial charge in [-0.1, -0.05) is 121 Å². The molecule has 3 heterocycles. The van der Waals surface area contributed by atoms with E-state index in [9.17, 15) is 0 Å². The van der Waals surface area contributed by atoms with Gasteiger partial charge >= 0.3 is 0 Å². The molecule has 246 valence electrons. The molecule has 0 atom stereocenters. The molecule has 0 aliphatic rings. The van der Waals surface area contributed by atoms with Crippen LogP contribution in [0.5, 0.6) is 0 Å². The molecule has 0 aliphatic heterocycles. The largest absolute Gasteiger partial charge is 0.456 e. The quantitative estimate of drug-likeness (QED) is 0.175. The molecule has 0 unspecified atom stereocenters. The fourth-order valence-electron chi connectivity index (χ4n) is 8.77. The van der Waals surface area contributed by atoms with Crippen molar-refractivity contribution in [2.24, 2.45) is 0 Å². The molecular formula is C50H28O3. The van der Waals surface area contributed by atoms with Crippen molar-refractivity contribution in [2.45, 2.75) is 0 Å². The Morgan fingerprint density at radius 3 is 1.26 bits per heavy atom. The highest BCUT2D eigenvalue weighted by molar-refractivity contribution is 6.26. The third-order valence-corrected chi connectivity index (χ3v) is 11.1. The zero-order valence-electron chi connectivity index (χ0n) is 28.4. The van der Waals surface area contributed by atoms with Gasteiger partial charge in [0.05, 0.1) is 0 Å². The smallest absolute Gasteiger partial charge is 0.143 e. The number of furan rings is 3. The normalized spacial score (nSPS) is 12.2. The minimum Gasteiger partial charge on any atom is -0.456 e. The average Bonchev–Trinajstić information content (AvgIpc) is 3.90. The van der Waals surface area contributed by atoms with Crippen LogP contribution in [0.1, 0.15) is 0 Å². The van der Waals surface area contributed by atoms with E-state index >= 15 is 0 Å². The molecule has 12 rings (SSSR count). The third-order valence-electron chi connectivity index (χ3n) is 11.1. The van der Waals surface area contributed by atoms with Crippen LogP contribution in [0.15, 0.2) is 183 Å². The fourth-order valence-corrected chi connectivity index (χ4v) is 8.77. The second kappa shape index (κ2) is 10.7. The maximum absolute atomic E-state index is 6.89. The van der Waals surface area contributed by atoms with Crippen molar-refractivity contribution in [2.75, 3.05) is 0 Å². The molecule has 3 heteroatoms. The molecule has 3 aromatic heterocycles. The molecule has 0 bridgehead atoms. The van der Waals surface area contributed by atoms with Gasteiger partial charge in [-0.05, 0) is 92.3 Å². The Balaban J connectivity index is 1.14. The number of fused-ring (bicyclic) bond motifs is 11. The van der Waals surface area contributed by atoms with Crippen LogP contribution in [-0.4, -0.2) is 0 Å². The average molecular weight is 677 g/mol. The number of rotatable bonds is 3. The Bertz CT molecular complexity index is 3410. The summed E-state index contributed by atoms with van der Waals surface area (Å²) in [5.41, 5.74) is 12.1. The monoisotopic (exact) mass is 676 g/mol. The second-order valence-corrected chi connectivity index (χ2v) is 13.9. The maximum Gasteiger partial charge on any atom is 0.143 e. The van der Waals surface area contributed by atoms with Crippen LogP contribution in [0.2, 0.25) is 0 Å². The summed E-state index contributed by atoms with van der Waals surface area (Å²) in [7, 11) is 0. The molecule has 53 heavy (non-hydrogen) atoms. The maximum atomic E-state index is 6.89. The predicted octanol–water partition coefficient (Wildman–Crippen LogP) is 14.7. The highest BCUT2D eigenvalue weighted by atomic mass is 16.3. The Morgan fingerprint density at radius 2 is 0.679 bits per heavy atom. The second-order valence-electron chi connectivity index (χ2n) is 13.9. The van der Waals surface area contributed by atoms with E-state index in [4.69, 9.17) is 13.3 Å². The van der Waals surface area contributed by atoms with Crippen LogP contribution in [0, 0.1) is 0 Å². The van der Waals surface area contributed by atoms with E-state index in [-0.39, 0.29) is 0 Å². The third kappa shape index (κ3) is 4.05. The number of hydrogen-bond acceptors (Lipinski definition) is 3. The number of para-hydroxylation sites is 3. The van der Waals surface area contributed by atoms with E-state index in [1.165, 1.54) is 27.1 Å². The Morgan fingerprint density at radius 1 is 0.264 bits per heavy atom. The first-order chi connectivity index (χ1) is 26.3. The van der Waals surface area contributed by atoms with Gasteiger partial charge in [0, 0.05) is 43.4 Å². The molecule has 0 saturated carbocycles. The van der Waals surface area contributed by atoms with Gasteiger partial charge in [-0.2, -0.15) is 0 Å². The topological polar surface area (TPSA) is 39.4 Å². The highest BCUT2D eigenvalue weighted by Crippen LogP contribution is 2.49. The molecule has 9 aromatic carbocycles. The summed E-state index contributed by atoms with van der Waals surface area (Å²) in [5.74, 6) is 0. The fraction of sp³-hybridized carbons (Fsp3) is 0. The summed E-state index contributed by atoms with van der Waals surface area (Å²) in [4.78, 5) is 0. The standard InChI is InChI=1S/C50H28O3/c1-3-15-38-36(13-1)47(30-22-24-35-33-12-6-9-19-43(33)52-46(35)28-30)37-14-2-4-16-39(37)48(38)41-26-25-31(49-40-17-7-10-20-44(40)53-50(41)49)29-21-23-34-32-11-5-8-18-42(32)51-45(34)27-29/h1-28H. The molecule has 0 fully saturated rings. The van der Waals surface area contributed by atoms with E-state index in [0.29, 0.717) is 0 Å². The summed E-state index contributed by atoms with van der Waals surface area (Å²) >= 11 is 0. The zero-order chi connectivity index (χ0) is 34.6. The number of benzene rings is 9. The minimum absolute atomic E-state index is 0.866. The lowest BCUT2D eigenvalue weighted by Gasteiger charge is -2.18. The van der Waals surface area contributed by atoms with Crippen LogP contribution in [0.3, 0.4) is 0 Å². The summed E-state index contributed by atoms with van der Waals surface area (Å²) in [5, 5.41) is 11.4. The van der Waals surface area contributed by atoms with Gasteiger partial charge in [-0.3, -0.25) is 0 Å². The van der Waals surface area contributed by atoms with Crippen molar-refractivity contribution in [3.63, 3.8) is 0 Å². The van der Waals surface area contributed by atoms with E-state index in [1.807, 2.05) is 30.3 Å². The minimum atomic E-state index is 0.866. The highest BCUT2D eigenvalue weighted by Gasteiger charge is 2.23. The van der Waals surface area contributed by atoms with E-state index in [0.717, 1.165) is 93.6 Å². The summed E-state index contributed by atoms with van der Waals surface area (Å²) in [6.45, 7) is 0. The van der Waals surface area contributed by atoms with Gasteiger partial charge in [0.2, 0.25) is 0 Å². The lowest BCUT2D eigenvalue weighted by molar-refractivity contribution is 0.668. The van der Waals surface area contributed by atoms with Crippen molar-refractivity contribution in [3.05, 3.63) is 170 Å². The summed E-state index contributed by atoms with van der Waals surface area (Å²) < 4.78 is 19.6. The SMILES string of the molecule is c1ccc2c(c1)oc1cc(-c3c4ccccc4c(-c4ccc(-c5ccc6c(c5)oc5ccccc56)c5c4oc4ccccc45)c4ccccc34)ccc12.